The molecule has 29 heavy (non-hydrogen) atoms. The fourth-order valence-corrected chi connectivity index (χ4v) is 3.97. The normalized spacial score (nSPS) is 11.3. The highest BCUT2D eigenvalue weighted by atomic mass is 32.2. The number of nitrogens with two attached hydrogens (primary N) is 1. The summed E-state index contributed by atoms with van der Waals surface area (Å²) < 4.78 is 32.4. The van der Waals surface area contributed by atoms with Crippen LogP contribution in [-0.4, -0.2) is 22.6 Å². The minimum atomic E-state index is -4.37. The molecule has 4 rings (SSSR count). The topological polar surface area (TPSA) is 128 Å². The maximum absolute atomic E-state index is 13.1. The van der Waals surface area contributed by atoms with Gasteiger partial charge < -0.3 is 10.2 Å². The van der Waals surface area contributed by atoms with Gasteiger partial charge in [-0.25, -0.2) is 0 Å². The first-order chi connectivity index (χ1) is 13.9. The monoisotopic (exact) mass is 405 g/mol. The number of nitrogen functional groups attached to an aromatic ring is 1. The quantitative estimate of drug-likeness (QED) is 0.552. The highest BCUT2D eigenvalue weighted by Crippen LogP contribution is 2.29. The van der Waals surface area contributed by atoms with Crippen molar-refractivity contribution in [3.8, 4) is 28.8 Å². The molecule has 2 aromatic carbocycles. The van der Waals surface area contributed by atoms with Gasteiger partial charge in [-0.1, -0.05) is 48.0 Å². The Hall–Kier alpha value is -3.90. The predicted molar refractivity (Wildman–Crippen MR) is 106 cm³/mol. The first-order valence-corrected chi connectivity index (χ1v) is 9.98. The molecule has 0 amide bonds. The molecule has 0 unspecified atom stereocenters. The summed E-state index contributed by atoms with van der Waals surface area (Å²) in [4.78, 5) is 4.03. The largest absolute Gasteiger partial charge is 0.421 e. The summed E-state index contributed by atoms with van der Waals surface area (Å²) in [5, 5.41) is 12.9. The molecule has 0 bridgehead atoms. The molecule has 0 spiro atoms. The molecule has 0 aliphatic carbocycles. The summed E-state index contributed by atoms with van der Waals surface area (Å²) in [6, 6.07) is 19.3. The van der Waals surface area contributed by atoms with Crippen LogP contribution in [0.25, 0.3) is 22.7 Å². The van der Waals surface area contributed by atoms with Crippen LogP contribution in [0, 0.1) is 18.3 Å². The Morgan fingerprint density at radius 2 is 1.76 bits per heavy atom. The Balaban J connectivity index is 1.81. The van der Waals surface area contributed by atoms with Crippen molar-refractivity contribution in [3.63, 3.8) is 0 Å². The van der Waals surface area contributed by atoms with Gasteiger partial charge in [0.15, 0.2) is 0 Å². The molecule has 8 nitrogen and oxygen atoms in total. The van der Waals surface area contributed by atoms with Gasteiger partial charge in [0, 0.05) is 17.2 Å². The van der Waals surface area contributed by atoms with E-state index in [0.717, 1.165) is 5.56 Å². The van der Waals surface area contributed by atoms with Gasteiger partial charge in [0.2, 0.25) is 11.6 Å². The van der Waals surface area contributed by atoms with Gasteiger partial charge in [-0.2, -0.15) is 23.8 Å². The summed E-state index contributed by atoms with van der Waals surface area (Å²) in [7, 11) is -4.37. The maximum atomic E-state index is 13.1. The zero-order valence-electron chi connectivity index (χ0n) is 15.3. The van der Waals surface area contributed by atoms with Crippen molar-refractivity contribution in [3.05, 3.63) is 71.9 Å². The Morgan fingerprint density at radius 3 is 2.41 bits per heavy atom. The van der Waals surface area contributed by atoms with Crippen molar-refractivity contribution in [2.75, 3.05) is 5.73 Å². The van der Waals surface area contributed by atoms with Crippen molar-refractivity contribution in [2.24, 2.45) is 0 Å². The molecular weight excluding hydrogens is 390 g/mol. The number of benzene rings is 2. The average Bonchev–Trinajstić information content (AvgIpc) is 3.34. The Morgan fingerprint density at radius 1 is 1.07 bits per heavy atom. The zero-order chi connectivity index (χ0) is 20.6. The first kappa shape index (κ1) is 18.5. The van der Waals surface area contributed by atoms with Crippen LogP contribution in [0.2, 0.25) is 0 Å². The number of nitrogens with zero attached hydrogens (tertiary/aromatic N) is 4. The number of anilines is 1. The number of aryl methyl sites for hydroxylation is 1. The molecular formula is C20H15N5O3S. The molecule has 2 N–H and O–H groups in total. The molecule has 9 heteroatoms. The van der Waals surface area contributed by atoms with Crippen LogP contribution in [0.4, 0.5) is 5.82 Å². The summed E-state index contributed by atoms with van der Waals surface area (Å²) >= 11 is 0. The number of hydrogen-bond donors (Lipinski definition) is 1. The lowest BCUT2D eigenvalue weighted by molar-refractivity contribution is 0.452. The van der Waals surface area contributed by atoms with Crippen LogP contribution in [0.3, 0.4) is 0 Å². The van der Waals surface area contributed by atoms with Gasteiger partial charge in [0.05, 0.1) is 5.69 Å². The molecule has 144 valence electrons. The molecule has 0 saturated carbocycles. The molecule has 2 heterocycles. The third kappa shape index (κ3) is 3.26. The van der Waals surface area contributed by atoms with Crippen LogP contribution in [0.1, 0.15) is 11.3 Å². The van der Waals surface area contributed by atoms with Gasteiger partial charge >= 0.3 is 10.0 Å². The Bertz CT molecular complexity index is 1330. The van der Waals surface area contributed by atoms with E-state index in [1.807, 2.05) is 25.1 Å². The number of oxazole rings is 1. The average molecular weight is 405 g/mol. The van der Waals surface area contributed by atoms with E-state index in [-0.39, 0.29) is 17.4 Å². The van der Waals surface area contributed by atoms with Gasteiger partial charge in [0.1, 0.15) is 11.9 Å². The summed E-state index contributed by atoms with van der Waals surface area (Å²) in [5.41, 5.74) is 8.19. The number of hydrogen-bond acceptors (Lipinski definition) is 7. The van der Waals surface area contributed by atoms with E-state index in [1.54, 1.807) is 42.5 Å². The molecule has 0 radical (unpaired) electrons. The predicted octanol–water partition coefficient (Wildman–Crippen LogP) is 3.20. The van der Waals surface area contributed by atoms with Crippen molar-refractivity contribution in [1.29, 1.82) is 5.26 Å². The van der Waals surface area contributed by atoms with E-state index >= 15 is 0 Å². The van der Waals surface area contributed by atoms with E-state index in [4.69, 9.17) is 10.2 Å². The van der Waals surface area contributed by atoms with Crippen LogP contribution < -0.4 is 5.73 Å². The lowest BCUT2D eigenvalue weighted by atomic mass is 10.1. The van der Waals surface area contributed by atoms with Crippen LogP contribution in [0.5, 0.6) is 0 Å². The minimum Gasteiger partial charge on any atom is -0.421 e. The van der Waals surface area contributed by atoms with Gasteiger partial charge in [-0.3, -0.25) is 0 Å². The van der Waals surface area contributed by atoms with E-state index in [1.165, 1.54) is 6.07 Å². The van der Waals surface area contributed by atoms with Crippen molar-refractivity contribution in [2.45, 2.75) is 12.0 Å². The van der Waals surface area contributed by atoms with Gasteiger partial charge in [-0.05, 0) is 19.1 Å². The van der Waals surface area contributed by atoms with Crippen LogP contribution in [0.15, 0.2) is 70.2 Å². The minimum absolute atomic E-state index is 0.0223. The summed E-state index contributed by atoms with van der Waals surface area (Å²) in [6.07, 6.45) is 0. The lowest BCUT2D eigenvalue weighted by Gasteiger charge is -2.03. The summed E-state index contributed by atoms with van der Waals surface area (Å²) in [5.74, 6) is -0.0878. The van der Waals surface area contributed by atoms with Gasteiger partial charge in [0.25, 0.3) is 5.09 Å². The zero-order valence-corrected chi connectivity index (χ0v) is 16.1. The molecule has 0 fully saturated rings. The molecule has 0 atom stereocenters. The molecule has 0 aliphatic heterocycles. The van der Waals surface area contributed by atoms with Gasteiger partial charge in [-0.15, -0.1) is 4.09 Å². The maximum Gasteiger partial charge on any atom is 0.321 e. The van der Waals surface area contributed by atoms with Crippen LogP contribution in [-0.2, 0) is 10.0 Å². The van der Waals surface area contributed by atoms with E-state index in [0.29, 0.717) is 20.9 Å². The molecule has 4 aromatic rings. The van der Waals surface area contributed by atoms with Crippen molar-refractivity contribution < 1.29 is 12.8 Å². The van der Waals surface area contributed by atoms with E-state index < -0.39 is 15.1 Å². The number of rotatable bonds is 4. The second-order valence-electron chi connectivity index (χ2n) is 6.30. The standard InChI is InChI=1S/C20H15N5O3S/c1-13-7-9-15(10-8-13)19-23-17(12-21)20(28-19)29(26,27)25-18(22)11-16(24-25)14-5-3-2-4-6-14/h2-11H,22H2,1H3. The molecule has 0 saturated heterocycles. The third-order valence-electron chi connectivity index (χ3n) is 4.24. The van der Waals surface area contributed by atoms with E-state index in [2.05, 4.69) is 10.1 Å². The van der Waals surface area contributed by atoms with Crippen LogP contribution >= 0.6 is 0 Å². The SMILES string of the molecule is Cc1ccc(-c2nc(C#N)c(S(=O)(=O)n3nc(-c4ccccc4)cc3N)o2)cc1. The lowest BCUT2D eigenvalue weighted by Crippen LogP contribution is -2.17. The number of aromatic nitrogens is 3. The number of nitriles is 1. The third-order valence-corrected chi connectivity index (χ3v) is 5.73. The van der Waals surface area contributed by atoms with Crippen molar-refractivity contribution in [1.82, 2.24) is 14.2 Å². The smallest absolute Gasteiger partial charge is 0.321 e. The van der Waals surface area contributed by atoms with Crippen molar-refractivity contribution >= 4 is 15.8 Å². The highest BCUT2D eigenvalue weighted by molar-refractivity contribution is 7.89. The second-order valence-corrected chi connectivity index (χ2v) is 7.97. The van der Waals surface area contributed by atoms with E-state index in [9.17, 15) is 13.7 Å². The molecule has 2 aromatic heterocycles. The Kier molecular flexibility index (Phi) is 4.41. The molecule has 0 aliphatic rings. The fourth-order valence-electron chi connectivity index (χ4n) is 2.77. The Labute approximate surface area is 166 Å². The second kappa shape index (κ2) is 6.92. The first-order valence-electron chi connectivity index (χ1n) is 8.54. The fraction of sp³-hybridized carbons (Fsp3) is 0.0500. The summed E-state index contributed by atoms with van der Waals surface area (Å²) in [6.45, 7) is 1.92. The highest BCUT2D eigenvalue weighted by Gasteiger charge is 2.31.